The lowest BCUT2D eigenvalue weighted by atomic mass is 10.1. The number of aromatic nitrogens is 1. The lowest BCUT2D eigenvalue weighted by Gasteiger charge is -2.08. The summed E-state index contributed by atoms with van der Waals surface area (Å²) in [6.45, 7) is 0.397. The number of sulfone groups is 1. The number of benzene rings is 2. The predicted molar refractivity (Wildman–Crippen MR) is 94.9 cm³/mol. The molecule has 1 amide bonds. The van der Waals surface area contributed by atoms with Gasteiger partial charge in [0.05, 0.1) is 11.5 Å². The quantitative estimate of drug-likeness (QED) is 0.767. The van der Waals surface area contributed by atoms with Crippen molar-refractivity contribution in [1.29, 1.82) is 0 Å². The Kier molecular flexibility index (Phi) is 3.57. The first-order valence-electron chi connectivity index (χ1n) is 8.01. The summed E-state index contributed by atoms with van der Waals surface area (Å²) in [5.74, 6) is 0.222. The fourth-order valence-electron chi connectivity index (χ4n) is 3.37. The smallest absolute Gasteiger partial charge is 0.267 e. The summed E-state index contributed by atoms with van der Waals surface area (Å²) in [4.78, 5) is 15.5. The van der Waals surface area contributed by atoms with E-state index in [1.807, 2.05) is 42.5 Å². The minimum Gasteiger partial charge on any atom is -0.351 e. The van der Waals surface area contributed by atoms with E-state index >= 15 is 0 Å². The SMILES string of the molecule is O=C(NC[C@H]1CCS(=O)(=O)C1)c1cc2c(ccc3ccccc32)[nH]1. The number of aromatic amines is 1. The normalized spacial score (nSPS) is 19.8. The van der Waals surface area contributed by atoms with Crippen LogP contribution in [-0.2, 0) is 9.84 Å². The molecule has 0 saturated carbocycles. The minimum absolute atomic E-state index is 0.0177. The average molecular weight is 342 g/mol. The molecule has 0 spiro atoms. The molecule has 1 aliphatic rings. The van der Waals surface area contributed by atoms with Gasteiger partial charge in [0, 0.05) is 17.4 Å². The fourth-order valence-corrected chi connectivity index (χ4v) is 5.24. The van der Waals surface area contributed by atoms with Gasteiger partial charge in [0.1, 0.15) is 5.69 Å². The Labute approximate surface area is 140 Å². The summed E-state index contributed by atoms with van der Waals surface area (Å²) >= 11 is 0. The molecule has 1 fully saturated rings. The van der Waals surface area contributed by atoms with Gasteiger partial charge in [0.15, 0.2) is 9.84 Å². The van der Waals surface area contributed by atoms with Crippen LogP contribution in [0, 0.1) is 5.92 Å². The van der Waals surface area contributed by atoms with Crippen LogP contribution in [0.25, 0.3) is 21.7 Å². The van der Waals surface area contributed by atoms with Crippen LogP contribution in [0.5, 0.6) is 0 Å². The van der Waals surface area contributed by atoms with Gasteiger partial charge in [-0.2, -0.15) is 0 Å². The summed E-state index contributed by atoms with van der Waals surface area (Å²) in [6, 6.07) is 13.9. The van der Waals surface area contributed by atoms with Crippen molar-refractivity contribution in [2.75, 3.05) is 18.1 Å². The first-order valence-corrected chi connectivity index (χ1v) is 9.83. The maximum Gasteiger partial charge on any atom is 0.267 e. The van der Waals surface area contributed by atoms with Gasteiger partial charge >= 0.3 is 0 Å². The Balaban J connectivity index is 1.55. The first kappa shape index (κ1) is 15.2. The lowest BCUT2D eigenvalue weighted by molar-refractivity contribution is 0.0944. The van der Waals surface area contributed by atoms with Crippen molar-refractivity contribution in [3.05, 3.63) is 48.2 Å². The zero-order valence-corrected chi connectivity index (χ0v) is 13.9. The number of carbonyl (C=O) groups excluding carboxylic acids is 1. The Morgan fingerprint density at radius 3 is 2.79 bits per heavy atom. The molecule has 4 rings (SSSR count). The van der Waals surface area contributed by atoms with Crippen molar-refractivity contribution in [2.45, 2.75) is 6.42 Å². The van der Waals surface area contributed by atoms with E-state index in [4.69, 9.17) is 0 Å². The number of H-pyrrole nitrogens is 1. The highest BCUT2D eigenvalue weighted by Crippen LogP contribution is 2.26. The molecule has 1 atom stereocenters. The number of carbonyl (C=O) groups is 1. The molecule has 6 heteroatoms. The van der Waals surface area contributed by atoms with Crippen LogP contribution in [0.4, 0.5) is 0 Å². The molecule has 2 aromatic carbocycles. The number of hydrogen-bond donors (Lipinski definition) is 2. The Hall–Kier alpha value is -2.34. The highest BCUT2D eigenvalue weighted by atomic mass is 32.2. The van der Waals surface area contributed by atoms with Gasteiger partial charge in [-0.05, 0) is 35.2 Å². The number of hydrogen-bond acceptors (Lipinski definition) is 3. The molecule has 5 nitrogen and oxygen atoms in total. The van der Waals surface area contributed by atoms with E-state index in [1.54, 1.807) is 0 Å². The monoisotopic (exact) mass is 342 g/mol. The second kappa shape index (κ2) is 5.63. The molecule has 2 N–H and O–H groups in total. The van der Waals surface area contributed by atoms with Gasteiger partial charge in [0.25, 0.3) is 5.91 Å². The Morgan fingerprint density at radius 1 is 1.17 bits per heavy atom. The van der Waals surface area contributed by atoms with Crippen LogP contribution < -0.4 is 5.32 Å². The predicted octanol–water partition coefficient (Wildman–Crippen LogP) is 2.49. The lowest BCUT2D eigenvalue weighted by Crippen LogP contribution is -2.30. The van der Waals surface area contributed by atoms with Gasteiger partial charge in [-0.25, -0.2) is 8.42 Å². The van der Waals surface area contributed by atoms with Crippen LogP contribution in [0.3, 0.4) is 0 Å². The summed E-state index contributed by atoms with van der Waals surface area (Å²) in [5, 5.41) is 6.10. The largest absolute Gasteiger partial charge is 0.351 e. The fraction of sp³-hybridized carbons (Fsp3) is 0.278. The van der Waals surface area contributed by atoms with Crippen molar-refractivity contribution in [1.82, 2.24) is 10.3 Å². The molecule has 0 aliphatic carbocycles. The van der Waals surface area contributed by atoms with Crippen LogP contribution >= 0.6 is 0 Å². The van der Waals surface area contributed by atoms with Crippen molar-refractivity contribution >= 4 is 37.4 Å². The molecule has 1 aliphatic heterocycles. The third-order valence-electron chi connectivity index (χ3n) is 4.65. The minimum atomic E-state index is -2.91. The number of fused-ring (bicyclic) bond motifs is 3. The zero-order valence-electron chi connectivity index (χ0n) is 13.1. The van der Waals surface area contributed by atoms with Crippen LogP contribution in [0.15, 0.2) is 42.5 Å². The summed E-state index contributed by atoms with van der Waals surface area (Å²) < 4.78 is 23.0. The van der Waals surface area contributed by atoms with Crippen molar-refractivity contribution in [2.24, 2.45) is 5.92 Å². The van der Waals surface area contributed by atoms with Gasteiger partial charge in [-0.3, -0.25) is 4.79 Å². The molecule has 0 bridgehead atoms. The molecule has 1 saturated heterocycles. The van der Waals surface area contributed by atoms with E-state index in [0.717, 1.165) is 21.7 Å². The van der Waals surface area contributed by atoms with Gasteiger partial charge < -0.3 is 10.3 Å². The van der Waals surface area contributed by atoms with Crippen molar-refractivity contribution < 1.29 is 13.2 Å². The molecular weight excluding hydrogens is 324 g/mol. The molecule has 0 unspecified atom stereocenters. The van der Waals surface area contributed by atoms with Gasteiger partial charge in [-0.15, -0.1) is 0 Å². The van der Waals surface area contributed by atoms with Gasteiger partial charge in [0.2, 0.25) is 0 Å². The summed E-state index contributed by atoms with van der Waals surface area (Å²) in [7, 11) is -2.91. The van der Waals surface area contributed by atoms with Crippen LogP contribution in [-0.4, -0.2) is 37.4 Å². The van der Waals surface area contributed by atoms with Crippen molar-refractivity contribution in [3.8, 4) is 0 Å². The molecule has 24 heavy (non-hydrogen) atoms. The molecule has 3 aromatic rings. The average Bonchev–Trinajstić information content (AvgIpc) is 3.15. The van der Waals surface area contributed by atoms with Crippen LogP contribution in [0.1, 0.15) is 16.9 Å². The van der Waals surface area contributed by atoms with Gasteiger partial charge in [-0.1, -0.05) is 30.3 Å². The molecule has 2 heterocycles. The molecular formula is C18H18N2O3S. The third-order valence-corrected chi connectivity index (χ3v) is 6.49. The Morgan fingerprint density at radius 2 is 2.00 bits per heavy atom. The zero-order chi connectivity index (χ0) is 16.7. The van der Waals surface area contributed by atoms with E-state index in [0.29, 0.717) is 18.7 Å². The highest BCUT2D eigenvalue weighted by Gasteiger charge is 2.28. The molecule has 0 radical (unpaired) electrons. The summed E-state index contributed by atoms with van der Waals surface area (Å²) in [5.41, 5.74) is 1.42. The standard InChI is InChI=1S/C18H18N2O3S/c21-18(19-10-12-7-8-24(22,23)11-12)17-9-15-14-4-2-1-3-13(14)5-6-16(15)20-17/h1-6,9,12,20H,7-8,10-11H2,(H,19,21)/t12-/m1/s1. The number of amides is 1. The number of nitrogens with one attached hydrogen (secondary N) is 2. The third kappa shape index (κ3) is 2.78. The van der Waals surface area contributed by atoms with Crippen molar-refractivity contribution in [3.63, 3.8) is 0 Å². The van der Waals surface area contributed by atoms with Crippen LogP contribution in [0.2, 0.25) is 0 Å². The van der Waals surface area contributed by atoms with E-state index in [9.17, 15) is 13.2 Å². The topological polar surface area (TPSA) is 79.0 Å². The second-order valence-electron chi connectivity index (χ2n) is 6.41. The highest BCUT2D eigenvalue weighted by molar-refractivity contribution is 7.91. The maximum atomic E-state index is 12.4. The van der Waals surface area contributed by atoms with E-state index in [-0.39, 0.29) is 23.3 Å². The molecule has 124 valence electrons. The van der Waals surface area contributed by atoms with E-state index < -0.39 is 9.84 Å². The number of rotatable bonds is 3. The summed E-state index contributed by atoms with van der Waals surface area (Å²) in [6.07, 6.45) is 0.625. The first-order chi connectivity index (χ1) is 11.5. The Bertz CT molecular complexity index is 1040. The van der Waals surface area contributed by atoms with E-state index in [2.05, 4.69) is 10.3 Å². The molecule has 1 aromatic heterocycles. The second-order valence-corrected chi connectivity index (χ2v) is 8.64. The maximum absolute atomic E-state index is 12.4. The van der Waals surface area contributed by atoms with E-state index in [1.165, 1.54) is 0 Å².